The Kier molecular flexibility index (Phi) is 4.31. The number of anilines is 1. The summed E-state index contributed by atoms with van der Waals surface area (Å²) in [6.45, 7) is 3.56. The van der Waals surface area contributed by atoms with E-state index >= 15 is 0 Å². The second-order valence-electron chi connectivity index (χ2n) is 4.52. The molecule has 0 aliphatic rings. The molecule has 0 aliphatic heterocycles. The van der Waals surface area contributed by atoms with Crippen molar-refractivity contribution in [2.75, 3.05) is 5.32 Å². The standard InChI is InChI=1S/C15H12Cl2FNO/c1-8-3-4-10(13(18)5-8)15(20)19-14-7-11(16)9(2)6-12(14)17/h3-7H,1-2H3,(H,19,20). The van der Waals surface area contributed by atoms with Crippen LogP contribution in [0.1, 0.15) is 21.5 Å². The molecule has 0 spiro atoms. The molecule has 2 aromatic carbocycles. The molecule has 1 amide bonds. The number of amides is 1. The Morgan fingerprint density at radius 2 is 1.80 bits per heavy atom. The Labute approximate surface area is 126 Å². The Hall–Kier alpha value is -1.58. The normalized spacial score (nSPS) is 10.4. The van der Waals surface area contributed by atoms with Crippen LogP contribution in [0, 0.1) is 19.7 Å². The van der Waals surface area contributed by atoms with Gasteiger partial charge in [0.1, 0.15) is 5.82 Å². The third-order valence-electron chi connectivity index (χ3n) is 2.87. The first-order valence-corrected chi connectivity index (χ1v) is 6.67. The number of rotatable bonds is 2. The molecule has 20 heavy (non-hydrogen) atoms. The molecule has 1 N–H and O–H groups in total. The quantitative estimate of drug-likeness (QED) is 0.830. The lowest BCUT2D eigenvalue weighted by Crippen LogP contribution is -2.14. The molecule has 0 fully saturated rings. The highest BCUT2D eigenvalue weighted by Crippen LogP contribution is 2.29. The van der Waals surface area contributed by atoms with E-state index < -0.39 is 11.7 Å². The molecule has 0 aromatic heterocycles. The second kappa shape index (κ2) is 5.81. The van der Waals surface area contributed by atoms with E-state index in [0.29, 0.717) is 15.7 Å². The van der Waals surface area contributed by atoms with Crippen molar-refractivity contribution in [2.24, 2.45) is 0 Å². The molecule has 0 unspecified atom stereocenters. The molecule has 0 saturated carbocycles. The fourth-order valence-electron chi connectivity index (χ4n) is 1.74. The first kappa shape index (κ1) is 14.8. The van der Waals surface area contributed by atoms with Gasteiger partial charge in [-0.1, -0.05) is 29.3 Å². The van der Waals surface area contributed by atoms with Crippen molar-refractivity contribution in [3.05, 3.63) is 62.9 Å². The summed E-state index contributed by atoms with van der Waals surface area (Å²) in [5, 5.41) is 3.39. The van der Waals surface area contributed by atoms with E-state index in [2.05, 4.69) is 5.32 Å². The van der Waals surface area contributed by atoms with E-state index in [4.69, 9.17) is 23.2 Å². The van der Waals surface area contributed by atoms with Gasteiger partial charge in [-0.3, -0.25) is 4.79 Å². The predicted molar refractivity (Wildman–Crippen MR) is 80.3 cm³/mol. The number of hydrogen-bond acceptors (Lipinski definition) is 1. The van der Waals surface area contributed by atoms with Gasteiger partial charge in [0.05, 0.1) is 16.3 Å². The van der Waals surface area contributed by atoms with Gasteiger partial charge in [-0.15, -0.1) is 0 Å². The number of hydrogen-bond donors (Lipinski definition) is 1. The van der Waals surface area contributed by atoms with Crippen molar-refractivity contribution >= 4 is 34.8 Å². The van der Waals surface area contributed by atoms with Crippen molar-refractivity contribution in [3.8, 4) is 0 Å². The zero-order valence-electron chi connectivity index (χ0n) is 10.9. The molecule has 0 radical (unpaired) electrons. The molecule has 0 atom stereocenters. The molecule has 0 heterocycles. The molecule has 2 aromatic rings. The number of halogens is 3. The zero-order chi connectivity index (χ0) is 14.9. The van der Waals surface area contributed by atoms with Crippen LogP contribution in [0.5, 0.6) is 0 Å². The fourth-order valence-corrected chi connectivity index (χ4v) is 2.17. The van der Waals surface area contributed by atoms with E-state index in [1.165, 1.54) is 12.1 Å². The molecule has 2 nitrogen and oxygen atoms in total. The van der Waals surface area contributed by atoms with Crippen LogP contribution < -0.4 is 5.32 Å². The average Bonchev–Trinajstić information content (AvgIpc) is 2.35. The number of benzene rings is 2. The van der Waals surface area contributed by atoms with Gasteiger partial charge in [-0.2, -0.15) is 0 Å². The van der Waals surface area contributed by atoms with Crippen molar-refractivity contribution in [3.63, 3.8) is 0 Å². The van der Waals surface area contributed by atoms with Crippen LogP contribution in [-0.2, 0) is 0 Å². The predicted octanol–water partition coefficient (Wildman–Crippen LogP) is 5.00. The maximum absolute atomic E-state index is 13.7. The van der Waals surface area contributed by atoms with Crippen LogP contribution in [0.25, 0.3) is 0 Å². The topological polar surface area (TPSA) is 29.1 Å². The van der Waals surface area contributed by atoms with Gasteiger partial charge in [0.25, 0.3) is 5.91 Å². The summed E-state index contributed by atoms with van der Waals surface area (Å²) in [4.78, 5) is 12.0. The number of nitrogens with one attached hydrogen (secondary N) is 1. The summed E-state index contributed by atoms with van der Waals surface area (Å²) < 4.78 is 13.7. The minimum absolute atomic E-state index is 0.0386. The third kappa shape index (κ3) is 3.11. The smallest absolute Gasteiger partial charge is 0.258 e. The summed E-state index contributed by atoms with van der Waals surface area (Å²) in [6.07, 6.45) is 0. The van der Waals surface area contributed by atoms with Crippen LogP contribution in [0.3, 0.4) is 0 Å². The summed E-state index contributed by atoms with van der Waals surface area (Å²) in [5.74, 6) is -1.14. The third-order valence-corrected chi connectivity index (χ3v) is 3.59. The van der Waals surface area contributed by atoms with E-state index in [1.54, 1.807) is 32.0 Å². The highest BCUT2D eigenvalue weighted by molar-refractivity contribution is 6.36. The summed E-state index contributed by atoms with van der Waals surface area (Å²) in [5.41, 5.74) is 1.86. The van der Waals surface area contributed by atoms with Crippen molar-refractivity contribution in [2.45, 2.75) is 13.8 Å². The van der Waals surface area contributed by atoms with Crippen LogP contribution in [0.15, 0.2) is 30.3 Å². The van der Waals surface area contributed by atoms with Crippen molar-refractivity contribution in [1.29, 1.82) is 0 Å². The Morgan fingerprint density at radius 1 is 1.10 bits per heavy atom. The average molecular weight is 312 g/mol. The molecule has 104 valence electrons. The van der Waals surface area contributed by atoms with Crippen molar-refractivity contribution in [1.82, 2.24) is 0 Å². The summed E-state index contributed by atoms with van der Waals surface area (Å²) >= 11 is 12.0. The maximum Gasteiger partial charge on any atom is 0.258 e. The molecule has 0 bridgehead atoms. The molecular weight excluding hydrogens is 300 g/mol. The molecule has 5 heteroatoms. The lowest BCUT2D eigenvalue weighted by molar-refractivity contribution is 0.102. The van der Waals surface area contributed by atoms with Gasteiger partial charge in [-0.05, 0) is 49.2 Å². The van der Waals surface area contributed by atoms with Gasteiger partial charge in [-0.25, -0.2) is 4.39 Å². The molecule has 2 rings (SSSR count). The Balaban J connectivity index is 2.30. The minimum Gasteiger partial charge on any atom is -0.320 e. The largest absolute Gasteiger partial charge is 0.320 e. The number of carbonyl (C=O) groups excluding carboxylic acids is 1. The first-order valence-electron chi connectivity index (χ1n) is 5.91. The molecule has 0 saturated heterocycles. The van der Waals surface area contributed by atoms with Crippen LogP contribution in [0.2, 0.25) is 10.0 Å². The van der Waals surface area contributed by atoms with Crippen LogP contribution in [-0.4, -0.2) is 5.91 Å². The zero-order valence-corrected chi connectivity index (χ0v) is 12.4. The van der Waals surface area contributed by atoms with E-state index in [-0.39, 0.29) is 5.56 Å². The SMILES string of the molecule is Cc1ccc(C(=O)Nc2cc(Cl)c(C)cc2Cl)c(F)c1. The maximum atomic E-state index is 13.7. The van der Waals surface area contributed by atoms with E-state index in [9.17, 15) is 9.18 Å². The summed E-state index contributed by atoms with van der Waals surface area (Å²) in [7, 11) is 0. The van der Waals surface area contributed by atoms with E-state index in [1.807, 2.05) is 0 Å². The number of carbonyl (C=O) groups is 1. The monoisotopic (exact) mass is 311 g/mol. The van der Waals surface area contributed by atoms with Crippen LogP contribution >= 0.6 is 23.2 Å². The van der Waals surface area contributed by atoms with Crippen molar-refractivity contribution < 1.29 is 9.18 Å². The highest BCUT2D eigenvalue weighted by Gasteiger charge is 2.14. The lowest BCUT2D eigenvalue weighted by atomic mass is 10.1. The Bertz CT molecular complexity index is 686. The minimum atomic E-state index is -0.572. The van der Waals surface area contributed by atoms with Gasteiger partial charge in [0.2, 0.25) is 0 Å². The molecule has 0 aliphatic carbocycles. The van der Waals surface area contributed by atoms with Gasteiger partial charge in [0.15, 0.2) is 0 Å². The second-order valence-corrected chi connectivity index (χ2v) is 5.33. The summed E-state index contributed by atoms with van der Waals surface area (Å²) in [6, 6.07) is 7.60. The lowest BCUT2D eigenvalue weighted by Gasteiger charge is -2.10. The number of aryl methyl sites for hydroxylation is 2. The highest BCUT2D eigenvalue weighted by atomic mass is 35.5. The van der Waals surface area contributed by atoms with Gasteiger partial charge >= 0.3 is 0 Å². The van der Waals surface area contributed by atoms with Crippen LogP contribution in [0.4, 0.5) is 10.1 Å². The fraction of sp³-hybridized carbons (Fsp3) is 0.133. The first-order chi connectivity index (χ1) is 9.38. The van der Waals surface area contributed by atoms with Gasteiger partial charge < -0.3 is 5.32 Å². The molecular formula is C15H12Cl2FNO. The van der Waals surface area contributed by atoms with E-state index in [0.717, 1.165) is 11.1 Å². The van der Waals surface area contributed by atoms with Gasteiger partial charge in [0, 0.05) is 5.02 Å². The Morgan fingerprint density at radius 3 is 2.45 bits per heavy atom.